The van der Waals surface area contributed by atoms with Gasteiger partial charge in [0.05, 0.1) is 16.2 Å². The molecule has 0 unspecified atom stereocenters. The van der Waals surface area contributed by atoms with Gasteiger partial charge in [-0.1, -0.05) is 59.9 Å². The largest absolute Gasteiger partial charge is 0.452 e. The lowest BCUT2D eigenvalue weighted by Crippen LogP contribution is -2.27. The number of nitrogens with one attached hydrogen (secondary N) is 1. The molecule has 0 bridgehead atoms. The highest BCUT2D eigenvalue weighted by molar-refractivity contribution is 8.27. The Labute approximate surface area is 223 Å². The SMILES string of the molecule is CSc1cccc(N2C(=O)/C(=C/c3ccc(C(=O)OCC(=O)Nc4ccc(C)cc4)cc3)SC2=S)c1. The molecule has 1 heterocycles. The van der Waals surface area contributed by atoms with E-state index in [4.69, 9.17) is 17.0 Å². The van der Waals surface area contributed by atoms with Crippen LogP contribution in [0.5, 0.6) is 0 Å². The molecule has 4 rings (SSSR count). The van der Waals surface area contributed by atoms with Crippen molar-refractivity contribution in [3.05, 3.63) is 94.4 Å². The molecule has 6 nitrogen and oxygen atoms in total. The maximum absolute atomic E-state index is 13.0. The topological polar surface area (TPSA) is 75.7 Å². The molecule has 3 aromatic rings. The molecule has 1 fully saturated rings. The molecule has 182 valence electrons. The number of carbonyl (C=O) groups is 3. The molecule has 0 saturated carbocycles. The minimum atomic E-state index is -0.611. The number of amides is 2. The van der Waals surface area contributed by atoms with Crippen molar-refractivity contribution in [1.29, 1.82) is 0 Å². The zero-order valence-electron chi connectivity index (χ0n) is 19.5. The first kappa shape index (κ1) is 25.7. The van der Waals surface area contributed by atoms with E-state index < -0.39 is 18.5 Å². The van der Waals surface area contributed by atoms with E-state index in [1.165, 1.54) is 16.7 Å². The molecule has 1 aliphatic rings. The number of anilines is 2. The van der Waals surface area contributed by atoms with Crippen LogP contribution in [0.1, 0.15) is 21.5 Å². The summed E-state index contributed by atoms with van der Waals surface area (Å²) in [4.78, 5) is 40.5. The fraction of sp³-hybridized carbons (Fsp3) is 0.111. The van der Waals surface area contributed by atoms with Gasteiger partial charge in [0.1, 0.15) is 0 Å². The lowest BCUT2D eigenvalue weighted by atomic mass is 10.1. The van der Waals surface area contributed by atoms with Crippen molar-refractivity contribution in [3.8, 4) is 0 Å². The summed E-state index contributed by atoms with van der Waals surface area (Å²) >= 11 is 8.28. The molecular weight excluding hydrogens is 513 g/mol. The Morgan fingerprint density at radius 1 is 1.08 bits per heavy atom. The summed E-state index contributed by atoms with van der Waals surface area (Å²) in [6.45, 7) is 1.56. The van der Waals surface area contributed by atoms with Crippen LogP contribution in [0.25, 0.3) is 6.08 Å². The number of carbonyl (C=O) groups excluding carboxylic acids is 3. The van der Waals surface area contributed by atoms with E-state index in [1.807, 2.05) is 49.6 Å². The van der Waals surface area contributed by atoms with E-state index in [1.54, 1.807) is 54.2 Å². The predicted molar refractivity (Wildman–Crippen MR) is 150 cm³/mol. The Morgan fingerprint density at radius 3 is 2.50 bits per heavy atom. The van der Waals surface area contributed by atoms with Crippen LogP contribution >= 0.6 is 35.7 Å². The third-order valence-electron chi connectivity index (χ3n) is 5.22. The summed E-state index contributed by atoms with van der Waals surface area (Å²) in [5.41, 5.74) is 3.49. The zero-order chi connectivity index (χ0) is 25.7. The summed E-state index contributed by atoms with van der Waals surface area (Å²) in [7, 11) is 0. The van der Waals surface area contributed by atoms with Gasteiger partial charge in [-0.15, -0.1) is 11.8 Å². The fourth-order valence-electron chi connectivity index (χ4n) is 3.36. The average Bonchev–Trinajstić information content (AvgIpc) is 3.16. The number of ether oxygens (including phenoxy) is 1. The zero-order valence-corrected chi connectivity index (χ0v) is 22.0. The van der Waals surface area contributed by atoms with Crippen molar-refractivity contribution in [3.63, 3.8) is 0 Å². The molecule has 0 aromatic heterocycles. The first-order chi connectivity index (χ1) is 17.3. The molecule has 36 heavy (non-hydrogen) atoms. The van der Waals surface area contributed by atoms with Gasteiger partial charge >= 0.3 is 5.97 Å². The van der Waals surface area contributed by atoms with Crippen molar-refractivity contribution in [1.82, 2.24) is 0 Å². The molecule has 0 atom stereocenters. The van der Waals surface area contributed by atoms with Crippen LogP contribution in [0, 0.1) is 6.92 Å². The molecule has 0 radical (unpaired) electrons. The maximum atomic E-state index is 13.0. The third kappa shape index (κ3) is 6.23. The molecule has 3 aromatic carbocycles. The van der Waals surface area contributed by atoms with Crippen LogP contribution in [0.15, 0.2) is 82.6 Å². The Morgan fingerprint density at radius 2 is 1.81 bits per heavy atom. The van der Waals surface area contributed by atoms with Gasteiger partial charge in [-0.2, -0.15) is 0 Å². The second-order valence-electron chi connectivity index (χ2n) is 7.83. The monoisotopic (exact) mass is 534 g/mol. The van der Waals surface area contributed by atoms with E-state index >= 15 is 0 Å². The van der Waals surface area contributed by atoms with Gasteiger partial charge in [-0.3, -0.25) is 14.5 Å². The van der Waals surface area contributed by atoms with Crippen LogP contribution in [0.2, 0.25) is 0 Å². The minimum absolute atomic E-state index is 0.189. The highest BCUT2D eigenvalue weighted by Gasteiger charge is 2.33. The van der Waals surface area contributed by atoms with E-state index in [-0.39, 0.29) is 5.91 Å². The van der Waals surface area contributed by atoms with E-state index in [0.717, 1.165) is 21.7 Å². The number of rotatable bonds is 7. The smallest absolute Gasteiger partial charge is 0.338 e. The molecule has 0 aliphatic carbocycles. The lowest BCUT2D eigenvalue weighted by molar-refractivity contribution is -0.119. The van der Waals surface area contributed by atoms with Gasteiger partial charge in [0, 0.05) is 10.6 Å². The molecule has 2 amide bonds. The second kappa shape index (κ2) is 11.6. The number of thiocarbonyl (C=S) groups is 1. The molecule has 0 spiro atoms. The molecule has 9 heteroatoms. The van der Waals surface area contributed by atoms with Crippen LogP contribution in [-0.2, 0) is 14.3 Å². The van der Waals surface area contributed by atoms with Crippen LogP contribution in [0.3, 0.4) is 0 Å². The number of benzene rings is 3. The Kier molecular flexibility index (Phi) is 8.25. The molecule has 1 aliphatic heterocycles. The van der Waals surface area contributed by atoms with Crippen molar-refractivity contribution >= 4 is 75.3 Å². The number of nitrogens with zero attached hydrogens (tertiary/aromatic N) is 1. The fourth-order valence-corrected chi connectivity index (χ4v) is 5.11. The highest BCUT2D eigenvalue weighted by Crippen LogP contribution is 2.37. The van der Waals surface area contributed by atoms with Crippen LogP contribution in [-0.4, -0.2) is 35.0 Å². The summed E-state index contributed by atoms with van der Waals surface area (Å²) in [5, 5.41) is 2.68. The Hall–Kier alpha value is -3.40. The van der Waals surface area contributed by atoms with E-state index in [0.29, 0.717) is 20.5 Å². The first-order valence-corrected chi connectivity index (χ1v) is 13.3. The number of esters is 1. The first-order valence-electron chi connectivity index (χ1n) is 10.9. The summed E-state index contributed by atoms with van der Waals surface area (Å²) in [6.07, 6.45) is 3.71. The van der Waals surface area contributed by atoms with Gasteiger partial charge in [-0.25, -0.2) is 4.79 Å². The number of hydrogen-bond acceptors (Lipinski definition) is 7. The van der Waals surface area contributed by atoms with Crippen molar-refractivity contribution in [2.24, 2.45) is 0 Å². The number of hydrogen-bond donors (Lipinski definition) is 1. The van der Waals surface area contributed by atoms with E-state index in [2.05, 4.69) is 5.32 Å². The average molecular weight is 535 g/mol. The van der Waals surface area contributed by atoms with Crippen molar-refractivity contribution < 1.29 is 19.1 Å². The predicted octanol–water partition coefficient (Wildman–Crippen LogP) is 5.92. The third-order valence-corrected chi connectivity index (χ3v) is 7.25. The van der Waals surface area contributed by atoms with E-state index in [9.17, 15) is 14.4 Å². The minimum Gasteiger partial charge on any atom is -0.452 e. The maximum Gasteiger partial charge on any atom is 0.338 e. The quantitative estimate of drug-likeness (QED) is 0.175. The summed E-state index contributed by atoms with van der Waals surface area (Å²) in [6, 6.07) is 21.6. The van der Waals surface area contributed by atoms with Gasteiger partial charge in [0.25, 0.3) is 11.8 Å². The number of thioether (sulfide) groups is 2. The van der Waals surface area contributed by atoms with Crippen LogP contribution in [0.4, 0.5) is 11.4 Å². The van der Waals surface area contributed by atoms with Crippen molar-refractivity contribution in [2.45, 2.75) is 11.8 Å². The standard InChI is InChI=1S/C27H22N2O4S3/c1-17-6-12-20(13-7-17)28-24(30)16-33-26(32)19-10-8-18(9-11-19)14-23-25(31)29(27(34)36-23)21-4-3-5-22(15-21)35-2/h3-15H,16H2,1-2H3,(H,28,30)/b23-14-. The summed E-state index contributed by atoms with van der Waals surface area (Å²) in [5.74, 6) is -1.22. The van der Waals surface area contributed by atoms with Gasteiger partial charge in [0.15, 0.2) is 10.9 Å². The van der Waals surface area contributed by atoms with Crippen molar-refractivity contribution in [2.75, 3.05) is 23.1 Å². The summed E-state index contributed by atoms with van der Waals surface area (Å²) < 4.78 is 5.59. The second-order valence-corrected chi connectivity index (χ2v) is 10.4. The van der Waals surface area contributed by atoms with Gasteiger partial charge in [-0.05, 0) is 67.3 Å². The Balaban J connectivity index is 1.36. The molecule has 1 N–H and O–H groups in total. The van der Waals surface area contributed by atoms with Gasteiger partial charge < -0.3 is 10.1 Å². The highest BCUT2D eigenvalue weighted by atomic mass is 32.2. The van der Waals surface area contributed by atoms with Gasteiger partial charge in [0.2, 0.25) is 0 Å². The Bertz CT molecular complexity index is 1350. The van der Waals surface area contributed by atoms with Crippen LogP contribution < -0.4 is 10.2 Å². The number of aryl methyl sites for hydroxylation is 1. The normalized spacial score (nSPS) is 14.3. The lowest BCUT2D eigenvalue weighted by Gasteiger charge is -2.15. The molecule has 1 saturated heterocycles. The molecular formula is C27H22N2O4S3.